The summed E-state index contributed by atoms with van der Waals surface area (Å²) in [6, 6.07) is 15.4. The minimum atomic E-state index is -4.59. The Hall–Kier alpha value is -3.52. The van der Waals surface area contributed by atoms with Gasteiger partial charge in [-0.25, -0.2) is 4.98 Å². The molecule has 192 valence electrons. The maximum Gasteiger partial charge on any atom is 0.417 e. The molecule has 0 bridgehead atoms. The summed E-state index contributed by atoms with van der Waals surface area (Å²) in [6.45, 7) is 4.31. The number of H-pyrrole nitrogens is 1. The predicted molar refractivity (Wildman–Crippen MR) is 137 cm³/mol. The predicted octanol–water partition coefficient (Wildman–Crippen LogP) is 7.37. The van der Waals surface area contributed by atoms with E-state index in [9.17, 15) is 18.0 Å². The molecule has 4 aromatic rings. The second-order valence-corrected chi connectivity index (χ2v) is 9.95. The summed E-state index contributed by atoms with van der Waals surface area (Å²) in [6.07, 6.45) is -3.25. The van der Waals surface area contributed by atoms with Crippen LogP contribution in [0.2, 0.25) is 5.02 Å². The van der Waals surface area contributed by atoms with Crippen LogP contribution in [0.3, 0.4) is 0 Å². The Labute approximate surface area is 217 Å². The molecule has 1 amide bonds. The van der Waals surface area contributed by atoms with Gasteiger partial charge in [0.25, 0.3) is 5.91 Å². The van der Waals surface area contributed by atoms with Gasteiger partial charge in [0.1, 0.15) is 11.6 Å². The van der Waals surface area contributed by atoms with E-state index in [-0.39, 0.29) is 11.4 Å². The zero-order valence-corrected chi connectivity index (χ0v) is 21.3. The number of rotatable bonds is 4. The van der Waals surface area contributed by atoms with Crippen LogP contribution in [0.15, 0.2) is 54.6 Å². The van der Waals surface area contributed by atoms with Crippen LogP contribution in [0.4, 0.5) is 13.2 Å². The van der Waals surface area contributed by atoms with E-state index < -0.39 is 22.3 Å². The van der Waals surface area contributed by atoms with Crippen LogP contribution in [0.25, 0.3) is 22.2 Å². The van der Waals surface area contributed by atoms with Crippen molar-refractivity contribution in [3.8, 4) is 16.9 Å². The van der Waals surface area contributed by atoms with E-state index in [1.807, 2.05) is 56.3 Å². The Kier molecular flexibility index (Phi) is 6.18. The minimum Gasteiger partial charge on any atom is -0.497 e. The maximum absolute atomic E-state index is 14.1. The number of amides is 1. The summed E-state index contributed by atoms with van der Waals surface area (Å²) in [5.74, 6) is 0.942. The number of alkyl halides is 3. The van der Waals surface area contributed by atoms with Gasteiger partial charge in [0, 0.05) is 12.1 Å². The van der Waals surface area contributed by atoms with E-state index in [2.05, 4.69) is 9.97 Å². The van der Waals surface area contributed by atoms with Crippen LogP contribution >= 0.6 is 11.6 Å². The van der Waals surface area contributed by atoms with Crippen molar-refractivity contribution < 1.29 is 22.7 Å². The van der Waals surface area contributed by atoms with Crippen molar-refractivity contribution in [2.45, 2.75) is 38.4 Å². The number of methoxy groups -OCH3 is 1. The van der Waals surface area contributed by atoms with E-state index in [0.29, 0.717) is 35.6 Å². The third kappa shape index (κ3) is 4.44. The molecular formula is C28H25ClF3N3O2. The van der Waals surface area contributed by atoms with Gasteiger partial charge in [0.2, 0.25) is 0 Å². The normalized spacial score (nSPS) is 18.0. The lowest BCUT2D eigenvalue weighted by atomic mass is 9.94. The largest absolute Gasteiger partial charge is 0.497 e. The van der Waals surface area contributed by atoms with Gasteiger partial charge in [0.15, 0.2) is 0 Å². The number of benzene rings is 3. The SMILES string of the molecule is COc1cccc(-c2ccc(C)cc2C(=O)N2CCC[C@@]2(C)c2nc3cc(C(F)(F)F)c(Cl)cc3[nH]2)c1. The molecule has 1 N–H and O–H groups in total. The number of aromatic amines is 1. The van der Waals surface area contributed by atoms with Gasteiger partial charge >= 0.3 is 6.18 Å². The molecule has 0 spiro atoms. The van der Waals surface area contributed by atoms with Crippen LogP contribution in [-0.4, -0.2) is 34.4 Å². The molecule has 9 heteroatoms. The molecule has 1 aliphatic rings. The summed E-state index contributed by atoms with van der Waals surface area (Å²) in [4.78, 5) is 23.5. The van der Waals surface area contributed by atoms with Gasteiger partial charge in [-0.05, 0) is 68.1 Å². The topological polar surface area (TPSA) is 58.2 Å². The first kappa shape index (κ1) is 25.1. The monoisotopic (exact) mass is 527 g/mol. The first-order chi connectivity index (χ1) is 17.5. The summed E-state index contributed by atoms with van der Waals surface area (Å²) in [5, 5.41) is -0.401. The standard InChI is InChI=1S/C28H25ClF3N3O2/c1-16-8-9-19(17-6-4-7-18(13-17)37-3)20(12-16)25(36)35-11-5-10-27(35,2)26-33-23-14-21(28(30,31)32)22(29)15-24(23)34-26/h4,6-9,12-15H,5,10-11H2,1-3H3,(H,33,34)/t27-/m0/s1. The summed E-state index contributed by atoms with van der Waals surface area (Å²) < 4.78 is 45.5. The number of imidazole rings is 1. The molecule has 5 rings (SSSR count). The third-order valence-corrected chi connectivity index (χ3v) is 7.37. The van der Waals surface area contributed by atoms with E-state index in [1.54, 1.807) is 12.0 Å². The molecule has 1 fully saturated rings. The van der Waals surface area contributed by atoms with Crippen molar-refractivity contribution in [3.63, 3.8) is 0 Å². The molecule has 0 aliphatic carbocycles. The molecule has 0 saturated carbocycles. The van der Waals surface area contributed by atoms with Crippen LogP contribution in [0.1, 0.15) is 47.1 Å². The van der Waals surface area contributed by atoms with Crippen LogP contribution in [0, 0.1) is 6.92 Å². The Bertz CT molecular complexity index is 1510. The smallest absolute Gasteiger partial charge is 0.417 e. The highest BCUT2D eigenvalue weighted by Gasteiger charge is 2.44. The zero-order valence-electron chi connectivity index (χ0n) is 20.5. The van der Waals surface area contributed by atoms with Crippen LogP contribution in [-0.2, 0) is 11.7 Å². The first-order valence-electron chi connectivity index (χ1n) is 11.9. The van der Waals surface area contributed by atoms with Gasteiger partial charge in [-0.1, -0.05) is 41.4 Å². The molecule has 1 saturated heterocycles. The Morgan fingerprint density at radius 1 is 1.16 bits per heavy atom. The molecule has 1 aliphatic heterocycles. The number of fused-ring (bicyclic) bond motifs is 1. The summed E-state index contributed by atoms with van der Waals surface area (Å²) in [5.41, 5.74) is 1.87. The number of nitrogens with one attached hydrogen (secondary N) is 1. The number of aromatic nitrogens is 2. The fourth-order valence-electron chi connectivity index (χ4n) is 5.06. The van der Waals surface area contributed by atoms with E-state index in [4.69, 9.17) is 16.3 Å². The minimum absolute atomic E-state index is 0.153. The molecule has 1 aromatic heterocycles. The Morgan fingerprint density at radius 3 is 2.68 bits per heavy atom. The fraction of sp³-hybridized carbons (Fsp3) is 0.286. The fourth-order valence-corrected chi connectivity index (χ4v) is 5.33. The van der Waals surface area contributed by atoms with E-state index in [0.717, 1.165) is 29.2 Å². The van der Waals surface area contributed by atoms with Gasteiger partial charge in [0.05, 0.1) is 34.3 Å². The summed E-state index contributed by atoms with van der Waals surface area (Å²) in [7, 11) is 1.59. The number of halogens is 4. The quantitative estimate of drug-likeness (QED) is 0.301. The Balaban J connectivity index is 1.57. The molecule has 1 atom stereocenters. The highest BCUT2D eigenvalue weighted by molar-refractivity contribution is 6.32. The van der Waals surface area contributed by atoms with Crippen LogP contribution in [0.5, 0.6) is 5.75 Å². The second-order valence-electron chi connectivity index (χ2n) is 9.55. The molecular weight excluding hydrogens is 503 g/mol. The lowest BCUT2D eigenvalue weighted by Crippen LogP contribution is -2.43. The van der Waals surface area contributed by atoms with Gasteiger partial charge in [-0.3, -0.25) is 4.79 Å². The lowest BCUT2D eigenvalue weighted by molar-refractivity contribution is -0.137. The van der Waals surface area contributed by atoms with Crippen molar-refractivity contribution in [2.24, 2.45) is 0 Å². The lowest BCUT2D eigenvalue weighted by Gasteiger charge is -2.34. The number of carbonyl (C=O) groups is 1. The van der Waals surface area contributed by atoms with Gasteiger partial charge in [-0.2, -0.15) is 13.2 Å². The first-order valence-corrected chi connectivity index (χ1v) is 12.2. The average Bonchev–Trinajstić information content (AvgIpc) is 3.46. The molecule has 0 radical (unpaired) electrons. The van der Waals surface area contributed by atoms with E-state index >= 15 is 0 Å². The van der Waals surface area contributed by atoms with Gasteiger partial charge in [-0.15, -0.1) is 0 Å². The second kappa shape index (κ2) is 9.10. The Morgan fingerprint density at radius 2 is 1.95 bits per heavy atom. The molecule has 37 heavy (non-hydrogen) atoms. The molecule has 3 aromatic carbocycles. The highest BCUT2D eigenvalue weighted by atomic mass is 35.5. The van der Waals surface area contributed by atoms with Crippen molar-refractivity contribution in [2.75, 3.05) is 13.7 Å². The van der Waals surface area contributed by atoms with Crippen molar-refractivity contribution >= 4 is 28.5 Å². The number of aryl methyl sites for hydroxylation is 1. The number of ether oxygens (including phenoxy) is 1. The van der Waals surface area contributed by atoms with Gasteiger partial charge < -0.3 is 14.6 Å². The number of hydrogen-bond acceptors (Lipinski definition) is 3. The molecule has 0 unspecified atom stereocenters. The molecule has 5 nitrogen and oxygen atoms in total. The number of likely N-dealkylation sites (tertiary alicyclic amines) is 1. The number of hydrogen-bond donors (Lipinski definition) is 1. The van der Waals surface area contributed by atoms with Crippen molar-refractivity contribution in [1.82, 2.24) is 14.9 Å². The van der Waals surface area contributed by atoms with Crippen LogP contribution < -0.4 is 4.74 Å². The van der Waals surface area contributed by atoms with Crippen molar-refractivity contribution in [1.29, 1.82) is 0 Å². The molecule has 2 heterocycles. The summed E-state index contributed by atoms with van der Waals surface area (Å²) >= 11 is 5.92. The number of nitrogens with zero attached hydrogens (tertiary/aromatic N) is 2. The highest BCUT2D eigenvalue weighted by Crippen LogP contribution is 2.42. The van der Waals surface area contributed by atoms with E-state index in [1.165, 1.54) is 6.07 Å². The van der Waals surface area contributed by atoms with Crippen molar-refractivity contribution in [3.05, 3.63) is 82.1 Å². The third-order valence-electron chi connectivity index (χ3n) is 7.06. The maximum atomic E-state index is 14.1. The number of carbonyl (C=O) groups excluding carboxylic acids is 1. The zero-order chi connectivity index (χ0) is 26.5. The average molecular weight is 528 g/mol.